The molecule has 4 atom stereocenters. The van der Waals surface area contributed by atoms with Gasteiger partial charge < -0.3 is 15.3 Å². The van der Waals surface area contributed by atoms with Crippen molar-refractivity contribution in [2.24, 2.45) is 5.41 Å². The van der Waals surface area contributed by atoms with Crippen LogP contribution in [0.3, 0.4) is 0 Å². The van der Waals surface area contributed by atoms with Crippen molar-refractivity contribution in [1.82, 2.24) is 20.5 Å². The molecule has 0 saturated carbocycles. The lowest BCUT2D eigenvalue weighted by molar-refractivity contribution is -0.165. The van der Waals surface area contributed by atoms with E-state index >= 15 is 0 Å². The van der Waals surface area contributed by atoms with E-state index in [2.05, 4.69) is 28.2 Å². The van der Waals surface area contributed by atoms with Crippen molar-refractivity contribution in [3.63, 3.8) is 0 Å². The van der Waals surface area contributed by atoms with Crippen LogP contribution in [-0.2, 0) is 9.59 Å². The third kappa shape index (κ3) is 7.28. The number of halogens is 3. The number of nitrogens with zero attached hydrogens (tertiary/aromatic N) is 2. The van der Waals surface area contributed by atoms with Crippen LogP contribution in [0.2, 0.25) is 0 Å². The number of carbonyl (C=O) groups excluding carboxylic acids is 2. The lowest BCUT2D eigenvalue weighted by atomic mass is 9.85. The molecule has 210 valence electrons. The summed E-state index contributed by atoms with van der Waals surface area (Å²) in [6.45, 7) is 10.7. The lowest BCUT2D eigenvalue weighted by Gasteiger charge is -2.39. The van der Waals surface area contributed by atoms with Crippen LogP contribution >= 0.6 is 24.0 Å². The van der Waals surface area contributed by atoms with E-state index in [0.29, 0.717) is 0 Å². The molecule has 7 nitrogen and oxygen atoms in total. The Morgan fingerprint density at radius 2 is 1.76 bits per heavy atom. The van der Waals surface area contributed by atoms with Gasteiger partial charge in [-0.2, -0.15) is 25.8 Å². The maximum absolute atomic E-state index is 14.1. The molecule has 0 radical (unpaired) electrons. The van der Waals surface area contributed by atoms with E-state index in [9.17, 15) is 27.9 Å². The van der Waals surface area contributed by atoms with Gasteiger partial charge in [0.15, 0.2) is 6.04 Å². The van der Waals surface area contributed by atoms with Gasteiger partial charge in [-0.15, -0.1) is 11.3 Å². The quantitative estimate of drug-likeness (QED) is 0.290. The van der Waals surface area contributed by atoms with E-state index in [-0.39, 0.29) is 18.5 Å². The number of carbonyl (C=O) groups is 2. The number of likely N-dealkylation sites (tertiary alicyclic amines) is 1. The fourth-order valence-electron chi connectivity index (χ4n) is 4.47. The van der Waals surface area contributed by atoms with Gasteiger partial charge in [-0.05, 0) is 37.3 Å². The van der Waals surface area contributed by atoms with Crippen molar-refractivity contribution in [2.45, 2.75) is 83.2 Å². The van der Waals surface area contributed by atoms with E-state index in [1.54, 1.807) is 31.5 Å². The number of hydrogen-bond acceptors (Lipinski definition) is 7. The smallest absolute Gasteiger partial charge is 0.391 e. The number of rotatable bonds is 7. The molecular formula is C26H35F3N4O3S2. The van der Waals surface area contributed by atoms with Crippen LogP contribution in [0.4, 0.5) is 13.2 Å². The SMILES string of the molecule is Cc1ncsc1-c1ccc(C(NC(=O)[C@H]2C[C@H](O)CN2C(=O)[C@H](NC(C)(C)S)C(C)(C)C)C(F)(F)F)cc1. The number of alkyl halides is 3. The molecule has 3 rings (SSSR count). The van der Waals surface area contributed by atoms with Gasteiger partial charge in [0.05, 0.1) is 33.1 Å². The predicted octanol–water partition coefficient (Wildman–Crippen LogP) is 4.47. The van der Waals surface area contributed by atoms with Gasteiger partial charge in [-0.3, -0.25) is 14.9 Å². The molecule has 1 aromatic heterocycles. The second-order valence-electron chi connectivity index (χ2n) is 11.3. The van der Waals surface area contributed by atoms with E-state index in [4.69, 9.17) is 0 Å². The lowest BCUT2D eigenvalue weighted by Crippen LogP contribution is -2.60. The molecule has 2 aromatic rings. The molecule has 2 amide bonds. The zero-order valence-electron chi connectivity index (χ0n) is 22.3. The molecule has 1 unspecified atom stereocenters. The van der Waals surface area contributed by atoms with Crippen LogP contribution in [0.15, 0.2) is 29.8 Å². The van der Waals surface area contributed by atoms with Crippen molar-refractivity contribution >= 4 is 35.8 Å². The maximum atomic E-state index is 14.1. The number of aliphatic hydroxyl groups excluding tert-OH is 1. The van der Waals surface area contributed by atoms with Crippen molar-refractivity contribution in [3.05, 3.63) is 41.0 Å². The van der Waals surface area contributed by atoms with Crippen LogP contribution in [0, 0.1) is 12.3 Å². The van der Waals surface area contributed by atoms with Crippen LogP contribution in [-0.4, -0.2) is 62.6 Å². The average molecular weight is 573 g/mol. The summed E-state index contributed by atoms with van der Waals surface area (Å²) in [5.41, 5.74) is 2.43. The van der Waals surface area contributed by atoms with Crippen LogP contribution in [0.25, 0.3) is 10.4 Å². The summed E-state index contributed by atoms with van der Waals surface area (Å²) in [4.78, 5) is 32.3. The summed E-state index contributed by atoms with van der Waals surface area (Å²) < 4.78 is 42.4. The summed E-state index contributed by atoms with van der Waals surface area (Å²) in [7, 11) is 0. The number of benzene rings is 1. The summed E-state index contributed by atoms with van der Waals surface area (Å²) in [6, 6.07) is 1.45. The molecule has 3 N–H and O–H groups in total. The topological polar surface area (TPSA) is 94.6 Å². The first kappa shape index (κ1) is 30.4. The van der Waals surface area contributed by atoms with Crippen molar-refractivity contribution < 1.29 is 27.9 Å². The summed E-state index contributed by atoms with van der Waals surface area (Å²) >= 11 is 5.84. The molecule has 0 bridgehead atoms. The Balaban J connectivity index is 1.85. The Morgan fingerprint density at radius 1 is 1.16 bits per heavy atom. The number of aliphatic hydroxyl groups is 1. The second kappa shape index (κ2) is 11.1. The summed E-state index contributed by atoms with van der Waals surface area (Å²) in [5, 5.41) is 15.5. The van der Waals surface area contributed by atoms with E-state index in [1.165, 1.54) is 28.4 Å². The maximum Gasteiger partial charge on any atom is 0.412 e. The normalized spacial score (nSPS) is 20.3. The third-order valence-corrected chi connectivity index (χ3v) is 7.45. The molecule has 12 heteroatoms. The standard InChI is InChI=1S/C26H35F3N4O3S2/c1-14-19(38-13-30-14)15-7-9-16(10-8-15)20(26(27,28)29)31-22(35)18-11-17(34)12-33(18)23(36)21(24(2,3)4)32-25(5,6)37/h7-10,13,17-18,20-21,32,34,37H,11-12H2,1-6H3,(H,31,35)/t17-,18+,20?,21-/m0/s1. The Hall–Kier alpha value is -2.15. The predicted molar refractivity (Wildman–Crippen MR) is 145 cm³/mol. The molecule has 0 aliphatic carbocycles. The van der Waals surface area contributed by atoms with Crippen molar-refractivity contribution in [2.75, 3.05) is 6.54 Å². The zero-order chi connectivity index (χ0) is 28.6. The first-order valence-corrected chi connectivity index (χ1v) is 13.6. The molecule has 38 heavy (non-hydrogen) atoms. The van der Waals surface area contributed by atoms with E-state index < -0.39 is 52.5 Å². The van der Waals surface area contributed by atoms with E-state index in [0.717, 1.165) is 16.1 Å². The minimum absolute atomic E-state index is 0.140. The molecule has 0 spiro atoms. The minimum atomic E-state index is -4.78. The number of aromatic nitrogens is 1. The highest BCUT2D eigenvalue weighted by Crippen LogP contribution is 2.36. The number of hydrogen-bond donors (Lipinski definition) is 4. The molecule has 2 heterocycles. The van der Waals surface area contributed by atoms with Crippen LogP contribution in [0.5, 0.6) is 0 Å². The number of aryl methyl sites for hydroxylation is 1. The molecule has 1 aromatic carbocycles. The molecule has 1 aliphatic rings. The molecule has 1 fully saturated rings. The Labute approximate surface area is 230 Å². The van der Waals surface area contributed by atoms with Gasteiger partial charge in [-0.25, -0.2) is 4.98 Å². The van der Waals surface area contributed by atoms with Gasteiger partial charge in [0.25, 0.3) is 0 Å². The fourth-order valence-corrected chi connectivity index (χ4v) is 5.41. The average Bonchev–Trinajstić information content (AvgIpc) is 3.39. The monoisotopic (exact) mass is 572 g/mol. The van der Waals surface area contributed by atoms with Crippen LogP contribution < -0.4 is 10.6 Å². The van der Waals surface area contributed by atoms with Crippen LogP contribution in [0.1, 0.15) is 58.3 Å². The number of thiazole rings is 1. The Morgan fingerprint density at radius 3 is 2.24 bits per heavy atom. The summed E-state index contributed by atoms with van der Waals surface area (Å²) in [5.74, 6) is -1.46. The van der Waals surface area contributed by atoms with Crippen molar-refractivity contribution in [3.8, 4) is 10.4 Å². The Bertz CT molecular complexity index is 1140. The van der Waals surface area contributed by atoms with Gasteiger partial charge >= 0.3 is 6.18 Å². The highest BCUT2D eigenvalue weighted by Gasteiger charge is 2.48. The van der Waals surface area contributed by atoms with Gasteiger partial charge in [0.1, 0.15) is 6.04 Å². The highest BCUT2D eigenvalue weighted by molar-refractivity contribution is 7.81. The number of amides is 2. The van der Waals surface area contributed by atoms with Gasteiger partial charge in [-0.1, -0.05) is 45.0 Å². The molecular weight excluding hydrogens is 537 g/mol. The van der Waals surface area contributed by atoms with Gasteiger partial charge in [0, 0.05) is 13.0 Å². The summed E-state index contributed by atoms with van der Waals surface area (Å²) in [6.07, 6.45) is -5.98. The zero-order valence-corrected chi connectivity index (χ0v) is 24.0. The highest BCUT2D eigenvalue weighted by atomic mass is 32.1. The molecule has 1 aliphatic heterocycles. The number of thiol groups is 1. The second-order valence-corrected chi connectivity index (χ2v) is 13.2. The molecule has 1 saturated heterocycles. The first-order chi connectivity index (χ1) is 17.4. The Kier molecular flexibility index (Phi) is 8.92. The van der Waals surface area contributed by atoms with Gasteiger partial charge in [0.2, 0.25) is 11.8 Å². The third-order valence-electron chi connectivity index (χ3n) is 6.34. The largest absolute Gasteiger partial charge is 0.412 e. The first-order valence-electron chi connectivity index (χ1n) is 12.2. The number of β-amino-alcohol motifs (C(OH)–C–C–N with tert-alkyl or cyclic N) is 1. The minimum Gasteiger partial charge on any atom is -0.391 e. The fraction of sp³-hybridized carbons (Fsp3) is 0.577. The van der Waals surface area contributed by atoms with Crippen molar-refractivity contribution in [1.29, 1.82) is 0 Å². The number of nitrogens with one attached hydrogen (secondary N) is 2. The van der Waals surface area contributed by atoms with E-state index in [1.807, 2.05) is 27.7 Å².